The van der Waals surface area contributed by atoms with Gasteiger partial charge in [0.15, 0.2) is 23.1 Å². The van der Waals surface area contributed by atoms with E-state index in [0.717, 1.165) is 123 Å². The third-order valence-corrected chi connectivity index (χ3v) is 23.1. The second-order valence-electron chi connectivity index (χ2n) is 44.1. The summed E-state index contributed by atoms with van der Waals surface area (Å²) in [5, 5.41) is 42.8. The number of nitrogens with zero attached hydrogens (tertiary/aromatic N) is 8. The first-order chi connectivity index (χ1) is 66.7. The summed E-state index contributed by atoms with van der Waals surface area (Å²) in [6, 6.07) is 91.7. The maximum atomic E-state index is 11.5. The third kappa shape index (κ3) is 38.1. The van der Waals surface area contributed by atoms with Gasteiger partial charge in [0, 0.05) is 226 Å². The molecule has 21 heteroatoms. The second-order valence-corrected chi connectivity index (χ2v) is 44.1. The minimum Gasteiger partial charge on any atom is -0.516 e. The minimum absolute atomic E-state index is 0. The molecule has 0 amide bonds. The summed E-state index contributed by atoms with van der Waals surface area (Å²) in [7, 11) is 1.66. The van der Waals surface area contributed by atoms with Gasteiger partial charge in [-0.1, -0.05) is 274 Å². The fourth-order valence-corrected chi connectivity index (χ4v) is 13.2. The van der Waals surface area contributed by atoms with E-state index in [0.29, 0.717) is 0 Å². The molecular formula is C126H144Ir4N8O9-4. The zero-order chi connectivity index (χ0) is 106. The Balaban J connectivity index is 0.000000299. The van der Waals surface area contributed by atoms with Crippen molar-refractivity contribution >= 4 is 66.7 Å². The number of aryl methyl sites for hydroxylation is 5. The molecule has 0 atom stereocenters. The van der Waals surface area contributed by atoms with Crippen LogP contribution in [0.4, 0.5) is 0 Å². The topological polar surface area (TPSA) is 230 Å². The van der Waals surface area contributed by atoms with Crippen LogP contribution < -0.4 is 4.74 Å². The number of ether oxygens (including phenoxy) is 1. The molecule has 4 radical (unpaired) electrons. The fourth-order valence-electron chi connectivity index (χ4n) is 13.2. The molecular weight excluding hydrogens is 2540 g/mol. The van der Waals surface area contributed by atoms with E-state index in [1.165, 1.54) is 46.6 Å². The number of hydrogen-bond acceptors (Lipinski definition) is 13. The molecule has 0 saturated carbocycles. The number of methoxy groups -OCH3 is 1. The van der Waals surface area contributed by atoms with Crippen LogP contribution in [0.3, 0.4) is 0 Å². The van der Waals surface area contributed by atoms with E-state index in [2.05, 4.69) is 223 Å². The van der Waals surface area contributed by atoms with Crippen LogP contribution in [0.2, 0.25) is 0 Å². The van der Waals surface area contributed by atoms with Gasteiger partial charge in [-0.3, -0.25) is 39.1 Å². The number of carbonyl (C=O) groups excluding carboxylic acids is 4. The molecule has 0 aliphatic rings. The largest absolute Gasteiger partial charge is 0.516 e. The summed E-state index contributed by atoms with van der Waals surface area (Å²) in [6.07, 6.45) is 21.6. The van der Waals surface area contributed by atoms with Gasteiger partial charge in [-0.25, -0.2) is 0 Å². The molecule has 0 saturated heterocycles. The standard InChI is InChI=1S/2C21H17N2.C20H15N2O.C20H15N2.4C11H20O2.4Ir/c1-15-11-16(2)13-18(12-15)20-8-6-17-5-7-19(14-21(17)22-20)23-9-3-4-10-23;1-15-5-6-18(13-16(15)2)20-10-8-17-7-9-19(14-21(17)22-20)23-11-3-4-12-23;1-23-18-6-4-5-16(13-18)19-10-8-15-7-9-17(14-20(15)21-19)22-11-2-3-12-22;1-15-5-4-6-17(13-15)19-10-8-16-7-9-18(14-20(16)21-19)22-11-2-3-12-22;4*1-10(2,3)8(12)7-9(13)11(4,5)6;;;;/h3-12,14H,1-2H3;3-5,7-14H,1-2H3;2-4,6-14H,1H3;2-5,7-14H,1H3;4*7,12H,1-6H3;;;;/q4*-1;;;;;;;;. The smallest absolute Gasteiger partial charge is 0.164 e. The van der Waals surface area contributed by atoms with E-state index < -0.39 is 21.7 Å². The predicted molar refractivity (Wildman–Crippen MR) is 590 cm³/mol. The van der Waals surface area contributed by atoms with Crippen LogP contribution in [-0.2, 0) is 99.6 Å². The average molecular weight is 2680 g/mol. The summed E-state index contributed by atoms with van der Waals surface area (Å²) in [5.41, 5.74) is 19.3. The summed E-state index contributed by atoms with van der Waals surface area (Å²) in [4.78, 5) is 65.2. The number of benzene rings is 8. The summed E-state index contributed by atoms with van der Waals surface area (Å²) in [5.74, 6) is 1.22. The number of rotatable bonds is 13. The molecule has 782 valence electrons. The molecule has 0 aliphatic heterocycles. The Hall–Kier alpha value is -12.2. The van der Waals surface area contributed by atoms with Crippen LogP contribution in [0.15, 0.2) is 327 Å². The van der Waals surface area contributed by atoms with Gasteiger partial charge < -0.3 is 43.4 Å². The first-order valence-corrected chi connectivity index (χ1v) is 48.3. The van der Waals surface area contributed by atoms with Gasteiger partial charge in [0.05, 0.1) is 29.2 Å². The molecule has 16 aromatic rings. The Labute approximate surface area is 926 Å². The Morgan fingerprint density at radius 1 is 0.286 bits per heavy atom. The number of pyridine rings is 4. The van der Waals surface area contributed by atoms with Gasteiger partial charge in [-0.05, 0) is 141 Å². The zero-order valence-corrected chi connectivity index (χ0v) is 100. The minimum atomic E-state index is -0.417. The first-order valence-electron chi connectivity index (χ1n) is 48.3. The van der Waals surface area contributed by atoms with Crippen LogP contribution in [0.1, 0.15) is 194 Å². The number of carbonyl (C=O) groups is 4. The van der Waals surface area contributed by atoms with Gasteiger partial charge in [-0.15, -0.1) is 135 Å². The number of fused-ring (bicyclic) bond motifs is 4. The van der Waals surface area contributed by atoms with E-state index in [4.69, 9.17) is 24.7 Å². The van der Waals surface area contributed by atoms with Gasteiger partial charge in [0.1, 0.15) is 23.0 Å². The Morgan fingerprint density at radius 3 is 0.789 bits per heavy atom. The van der Waals surface area contributed by atoms with Crippen LogP contribution in [0, 0.1) is 102 Å². The van der Waals surface area contributed by atoms with Gasteiger partial charge >= 0.3 is 0 Å². The molecule has 16 rings (SSSR count). The molecule has 0 unspecified atom stereocenters. The number of aliphatic hydroxyl groups excluding tert-OH is 4. The van der Waals surface area contributed by atoms with E-state index in [1.54, 1.807) is 7.11 Å². The number of hydrogen-bond donors (Lipinski definition) is 4. The average Bonchev–Trinajstić information content (AvgIpc) is 1.58. The maximum Gasteiger partial charge on any atom is 0.164 e. The van der Waals surface area contributed by atoms with Crippen molar-refractivity contribution in [1.29, 1.82) is 0 Å². The zero-order valence-electron chi connectivity index (χ0n) is 90.6. The van der Waals surface area contributed by atoms with Crippen LogP contribution in [-0.4, -0.2) is 88.9 Å². The van der Waals surface area contributed by atoms with Crippen molar-refractivity contribution < 1.29 is 125 Å². The molecule has 8 aromatic heterocycles. The SMILES string of the molecule is CC(C)(C)C(=O)C=C(O)C(C)(C)C.CC(C)(C)C(=O)C=C(O)C(C)(C)C.CC(C)(C)C(=O)C=C(O)C(C)(C)C.CC(C)(C)C(=O)C=C(O)C(C)(C)C.COc1cc[c-]c(-c2ccc3ccc(-n4cccc4)cc3n2)c1.Cc1[c-]c(-c2ccc3ccc(-n4cccc4)cc3n2)cc(C)c1.Cc1c[c-]c(-c2ccc3ccc(-n4cccc4)cc3n2)cc1C.Cc1cc[c-]c(-c2ccc3ccc(-n4cccc4)cc3n2)c1.[Ir].[Ir].[Ir].[Ir]. The van der Waals surface area contributed by atoms with E-state index in [9.17, 15) is 39.6 Å². The van der Waals surface area contributed by atoms with Crippen LogP contribution in [0.5, 0.6) is 5.75 Å². The predicted octanol–water partition coefficient (Wildman–Crippen LogP) is 31.9. The van der Waals surface area contributed by atoms with E-state index in [-0.39, 0.29) is 148 Å². The molecule has 17 nitrogen and oxygen atoms in total. The van der Waals surface area contributed by atoms with Crippen molar-refractivity contribution in [2.45, 2.75) is 201 Å². The van der Waals surface area contributed by atoms with E-state index >= 15 is 0 Å². The number of aliphatic hydroxyl groups is 4. The number of aromatic nitrogens is 8. The van der Waals surface area contributed by atoms with Gasteiger partial charge in [0.2, 0.25) is 0 Å². The van der Waals surface area contributed by atoms with Crippen molar-refractivity contribution in [1.82, 2.24) is 38.2 Å². The molecule has 0 aliphatic carbocycles. The fraction of sp³-hybridized carbons (Fsp3) is 0.302. The molecule has 0 spiro atoms. The van der Waals surface area contributed by atoms with Crippen molar-refractivity contribution in [3.63, 3.8) is 0 Å². The monoisotopic (exact) mass is 2680 g/mol. The molecule has 8 heterocycles. The summed E-state index contributed by atoms with van der Waals surface area (Å²) in [6.45, 7) is 54.9. The van der Waals surface area contributed by atoms with Crippen molar-refractivity contribution in [3.05, 3.63) is 380 Å². The maximum absolute atomic E-state index is 11.5. The van der Waals surface area contributed by atoms with Gasteiger partial charge in [-0.2, -0.15) is 0 Å². The summed E-state index contributed by atoms with van der Waals surface area (Å²) >= 11 is 0. The molecule has 4 N–H and O–H groups in total. The van der Waals surface area contributed by atoms with E-state index in [1.807, 2.05) is 301 Å². The normalized spacial score (nSPS) is 11.9. The van der Waals surface area contributed by atoms with Crippen molar-refractivity contribution in [2.24, 2.45) is 43.3 Å². The number of allylic oxidation sites excluding steroid dienone is 8. The van der Waals surface area contributed by atoms with Gasteiger partial charge in [0.25, 0.3) is 0 Å². The van der Waals surface area contributed by atoms with Crippen LogP contribution in [0.25, 0.3) is 111 Å². The van der Waals surface area contributed by atoms with Crippen molar-refractivity contribution in [2.75, 3.05) is 7.11 Å². The van der Waals surface area contributed by atoms with Crippen molar-refractivity contribution in [3.8, 4) is 73.5 Å². The quantitative estimate of drug-likeness (QED) is 0.0479. The van der Waals surface area contributed by atoms with Crippen LogP contribution >= 0.6 is 0 Å². The molecule has 8 aromatic carbocycles. The molecule has 147 heavy (non-hydrogen) atoms. The first kappa shape index (κ1) is 125. The third-order valence-electron chi connectivity index (χ3n) is 23.1. The second kappa shape index (κ2) is 54.1. The number of ketones is 4. The summed E-state index contributed by atoms with van der Waals surface area (Å²) < 4.78 is 13.6. The molecule has 0 fully saturated rings. The Bertz CT molecular complexity index is 6970. The Kier molecular flexibility index (Phi) is 46.1. The Morgan fingerprint density at radius 2 is 0.537 bits per heavy atom. The molecule has 0 bridgehead atoms.